The van der Waals surface area contributed by atoms with E-state index in [0.717, 1.165) is 17.9 Å². The van der Waals surface area contributed by atoms with Crippen LogP contribution in [-0.4, -0.2) is 23.0 Å². The molecule has 0 bridgehead atoms. The van der Waals surface area contributed by atoms with E-state index in [2.05, 4.69) is 12.2 Å². The lowest BCUT2D eigenvalue weighted by Crippen LogP contribution is -2.27. The van der Waals surface area contributed by atoms with Crippen LogP contribution in [0.25, 0.3) is 0 Å². The quantitative estimate of drug-likeness (QED) is 0.778. The fourth-order valence-electron chi connectivity index (χ4n) is 2.84. The van der Waals surface area contributed by atoms with Crippen molar-refractivity contribution in [2.45, 2.75) is 62.9 Å². The Hall–Kier alpha value is -1.16. The van der Waals surface area contributed by atoms with E-state index >= 15 is 0 Å². The Bertz CT molecular complexity index is 472. The molecule has 0 aromatic heterocycles. The van der Waals surface area contributed by atoms with Crippen molar-refractivity contribution >= 4 is 23.4 Å². The fourth-order valence-corrected chi connectivity index (χ4v) is 4.29. The van der Waals surface area contributed by atoms with Crippen molar-refractivity contribution in [2.24, 2.45) is 0 Å². The van der Waals surface area contributed by atoms with Gasteiger partial charge >= 0.3 is 0 Å². The summed E-state index contributed by atoms with van der Waals surface area (Å²) in [5, 5.41) is 3.72. The van der Waals surface area contributed by atoms with Crippen LogP contribution >= 0.6 is 11.8 Å². The van der Waals surface area contributed by atoms with Crippen LogP contribution in [0, 0.1) is 0 Å². The summed E-state index contributed by atoms with van der Waals surface area (Å²) >= 11 is 1.86. The largest absolute Gasteiger partial charge is 0.492 e. The molecule has 22 heavy (non-hydrogen) atoms. The highest BCUT2D eigenvalue weighted by Gasteiger charge is 2.24. The predicted molar refractivity (Wildman–Crippen MR) is 94.8 cm³/mol. The number of carbonyl (C=O) groups is 1. The van der Waals surface area contributed by atoms with Gasteiger partial charge in [-0.1, -0.05) is 38.3 Å². The molecule has 4 heteroatoms. The zero-order valence-electron chi connectivity index (χ0n) is 13.6. The molecule has 1 unspecified atom stereocenters. The molecule has 1 atom stereocenters. The van der Waals surface area contributed by atoms with Crippen molar-refractivity contribution < 1.29 is 9.53 Å². The minimum atomic E-state index is 0.0257. The highest BCUT2D eigenvalue weighted by atomic mass is 32.2. The Labute approximate surface area is 138 Å². The van der Waals surface area contributed by atoms with Crippen molar-refractivity contribution in [1.29, 1.82) is 0 Å². The number of amides is 1. The summed E-state index contributed by atoms with van der Waals surface area (Å²) in [6, 6.07) is 7.65. The number of hydrogen-bond donors (Lipinski definition) is 1. The molecule has 1 aromatic rings. The number of para-hydroxylation sites is 2. The summed E-state index contributed by atoms with van der Waals surface area (Å²) in [5.74, 6) is 0.848. The van der Waals surface area contributed by atoms with Gasteiger partial charge in [0.1, 0.15) is 5.75 Å². The molecule has 1 amide bonds. The SMILES string of the molecule is CCOc1ccccc1NC(=O)C(CC)SC1CCCCC1. The van der Waals surface area contributed by atoms with Gasteiger partial charge in [-0.15, -0.1) is 11.8 Å². The highest BCUT2D eigenvalue weighted by molar-refractivity contribution is 8.01. The van der Waals surface area contributed by atoms with Crippen LogP contribution in [0.5, 0.6) is 5.75 Å². The van der Waals surface area contributed by atoms with Gasteiger partial charge in [-0.2, -0.15) is 0 Å². The third kappa shape index (κ3) is 4.94. The molecule has 1 aliphatic carbocycles. The molecule has 1 N–H and O–H groups in total. The number of nitrogens with one attached hydrogen (secondary N) is 1. The van der Waals surface area contributed by atoms with E-state index in [1.165, 1.54) is 32.1 Å². The smallest absolute Gasteiger partial charge is 0.237 e. The first-order chi connectivity index (χ1) is 10.7. The molecular weight excluding hydrogens is 294 g/mol. The molecular formula is C18H27NO2S. The first-order valence-electron chi connectivity index (χ1n) is 8.42. The van der Waals surface area contributed by atoms with Gasteiger partial charge in [-0.25, -0.2) is 0 Å². The van der Waals surface area contributed by atoms with Crippen LogP contribution in [0.4, 0.5) is 5.69 Å². The Kier molecular flexibility index (Phi) is 7.10. The van der Waals surface area contributed by atoms with Crippen molar-refractivity contribution in [2.75, 3.05) is 11.9 Å². The maximum absolute atomic E-state index is 12.6. The number of carbonyl (C=O) groups excluding carboxylic acids is 1. The molecule has 1 aliphatic rings. The molecule has 3 nitrogen and oxygen atoms in total. The van der Waals surface area contributed by atoms with E-state index in [4.69, 9.17) is 4.74 Å². The molecule has 1 saturated carbocycles. The van der Waals surface area contributed by atoms with Crippen molar-refractivity contribution in [1.82, 2.24) is 0 Å². The van der Waals surface area contributed by atoms with Gasteiger partial charge in [0.25, 0.3) is 0 Å². The molecule has 2 rings (SSSR count). The lowest BCUT2D eigenvalue weighted by molar-refractivity contribution is -0.115. The molecule has 1 aromatic carbocycles. The maximum atomic E-state index is 12.6. The first-order valence-corrected chi connectivity index (χ1v) is 9.37. The number of hydrogen-bond acceptors (Lipinski definition) is 3. The minimum Gasteiger partial charge on any atom is -0.492 e. The van der Waals surface area contributed by atoms with Gasteiger partial charge in [-0.05, 0) is 38.3 Å². The second-order valence-corrected chi connectivity index (χ2v) is 7.22. The first kappa shape index (κ1) is 17.2. The molecule has 0 spiro atoms. The second kappa shape index (κ2) is 9.09. The monoisotopic (exact) mass is 321 g/mol. The van der Waals surface area contributed by atoms with E-state index in [1.807, 2.05) is 43.0 Å². The standard InChI is InChI=1S/C18H27NO2S/c1-3-17(22-14-10-6-5-7-11-14)18(20)19-15-12-8-9-13-16(15)21-4-2/h8-9,12-14,17H,3-7,10-11H2,1-2H3,(H,19,20). The third-order valence-electron chi connectivity index (χ3n) is 4.02. The Morgan fingerprint density at radius 3 is 2.68 bits per heavy atom. The number of rotatable bonds is 7. The number of ether oxygens (including phenoxy) is 1. The van der Waals surface area contributed by atoms with Gasteiger partial charge in [0.2, 0.25) is 5.91 Å². The van der Waals surface area contributed by atoms with Crippen LogP contribution in [0.1, 0.15) is 52.4 Å². The van der Waals surface area contributed by atoms with E-state index in [9.17, 15) is 4.79 Å². The topological polar surface area (TPSA) is 38.3 Å². The maximum Gasteiger partial charge on any atom is 0.237 e. The number of anilines is 1. The average Bonchev–Trinajstić information content (AvgIpc) is 2.55. The van der Waals surface area contributed by atoms with Crippen LogP contribution in [-0.2, 0) is 4.79 Å². The van der Waals surface area contributed by atoms with Crippen LogP contribution < -0.4 is 10.1 Å². The lowest BCUT2D eigenvalue weighted by Gasteiger charge is -2.25. The van der Waals surface area contributed by atoms with E-state index < -0.39 is 0 Å². The molecule has 0 aliphatic heterocycles. The number of benzene rings is 1. The zero-order valence-corrected chi connectivity index (χ0v) is 14.5. The van der Waals surface area contributed by atoms with E-state index in [1.54, 1.807) is 0 Å². The van der Waals surface area contributed by atoms with E-state index in [-0.39, 0.29) is 11.2 Å². The highest BCUT2D eigenvalue weighted by Crippen LogP contribution is 2.33. The Morgan fingerprint density at radius 1 is 1.27 bits per heavy atom. The molecule has 0 heterocycles. The molecule has 1 fully saturated rings. The predicted octanol–water partition coefficient (Wildman–Crippen LogP) is 4.87. The summed E-state index contributed by atoms with van der Waals surface area (Å²) < 4.78 is 5.58. The van der Waals surface area contributed by atoms with Crippen molar-refractivity contribution in [3.8, 4) is 5.75 Å². The molecule has 0 radical (unpaired) electrons. The van der Waals surface area contributed by atoms with Gasteiger partial charge in [0.15, 0.2) is 0 Å². The summed E-state index contributed by atoms with van der Waals surface area (Å²) in [5.41, 5.74) is 0.775. The Morgan fingerprint density at radius 2 is 2.00 bits per heavy atom. The van der Waals surface area contributed by atoms with E-state index in [0.29, 0.717) is 11.9 Å². The lowest BCUT2D eigenvalue weighted by atomic mass is 10.0. The van der Waals surface area contributed by atoms with Crippen molar-refractivity contribution in [3.05, 3.63) is 24.3 Å². The third-order valence-corrected chi connectivity index (χ3v) is 5.75. The fraction of sp³-hybridized carbons (Fsp3) is 0.611. The molecule has 0 saturated heterocycles. The van der Waals surface area contributed by atoms with Crippen molar-refractivity contribution in [3.63, 3.8) is 0 Å². The van der Waals surface area contributed by atoms with Gasteiger partial charge in [0, 0.05) is 5.25 Å². The average molecular weight is 321 g/mol. The Balaban J connectivity index is 1.96. The normalized spacial score (nSPS) is 17.0. The minimum absolute atomic E-state index is 0.0257. The van der Waals surface area contributed by atoms with Crippen LogP contribution in [0.2, 0.25) is 0 Å². The zero-order chi connectivity index (χ0) is 15.8. The van der Waals surface area contributed by atoms with Gasteiger partial charge in [0.05, 0.1) is 17.5 Å². The summed E-state index contributed by atoms with van der Waals surface area (Å²) in [6.45, 7) is 4.64. The second-order valence-electron chi connectivity index (χ2n) is 5.71. The number of thioether (sulfide) groups is 1. The van der Waals surface area contributed by atoms with Gasteiger partial charge < -0.3 is 10.1 Å². The molecule has 122 valence electrons. The van der Waals surface area contributed by atoms with Gasteiger partial charge in [-0.3, -0.25) is 4.79 Å². The summed E-state index contributed by atoms with van der Waals surface area (Å²) in [4.78, 5) is 12.6. The van der Waals surface area contributed by atoms with Crippen LogP contribution in [0.15, 0.2) is 24.3 Å². The summed E-state index contributed by atoms with van der Waals surface area (Å²) in [7, 11) is 0. The van der Waals surface area contributed by atoms with Crippen LogP contribution in [0.3, 0.4) is 0 Å². The summed E-state index contributed by atoms with van der Waals surface area (Å²) in [6.07, 6.45) is 7.34.